The number of esters is 1. The van der Waals surface area contributed by atoms with E-state index in [9.17, 15) is 4.79 Å². The monoisotopic (exact) mass is 292 g/mol. The van der Waals surface area contributed by atoms with Crippen molar-refractivity contribution in [2.24, 2.45) is 5.73 Å². The molecule has 1 aromatic rings. The summed E-state index contributed by atoms with van der Waals surface area (Å²) in [6, 6.07) is 9.41. The quantitative estimate of drug-likeness (QED) is 0.824. The Hall–Kier alpha value is -1.43. The Labute approximate surface area is 126 Å². The fourth-order valence-corrected chi connectivity index (χ4v) is 2.89. The molecule has 1 saturated heterocycles. The highest BCUT2D eigenvalue weighted by molar-refractivity contribution is 5.82. The summed E-state index contributed by atoms with van der Waals surface area (Å²) in [7, 11) is 3.10. The van der Waals surface area contributed by atoms with Gasteiger partial charge in [0.1, 0.15) is 0 Å². The predicted octanol–water partition coefficient (Wildman–Crippen LogP) is 1.12. The highest BCUT2D eigenvalue weighted by Crippen LogP contribution is 2.23. The van der Waals surface area contributed by atoms with Gasteiger partial charge in [-0.25, -0.2) is 4.79 Å². The molecule has 0 bridgehead atoms. The highest BCUT2D eigenvalue weighted by atomic mass is 16.5. The number of nitrogens with two attached hydrogens (primary N) is 1. The van der Waals surface area contributed by atoms with Crippen molar-refractivity contribution >= 4 is 5.97 Å². The topological polar surface area (TPSA) is 64.8 Å². The van der Waals surface area contributed by atoms with Gasteiger partial charge in [0.25, 0.3) is 0 Å². The summed E-state index contributed by atoms with van der Waals surface area (Å²) in [5, 5.41) is 0. The van der Waals surface area contributed by atoms with Crippen molar-refractivity contribution in [1.82, 2.24) is 4.90 Å². The molecule has 116 valence electrons. The maximum Gasteiger partial charge on any atom is 0.331 e. The summed E-state index contributed by atoms with van der Waals surface area (Å²) in [5.41, 5.74) is 6.06. The molecule has 0 saturated carbocycles. The van der Waals surface area contributed by atoms with Gasteiger partial charge >= 0.3 is 5.97 Å². The van der Waals surface area contributed by atoms with Crippen LogP contribution in [0.15, 0.2) is 30.3 Å². The molecule has 2 atom stereocenters. The molecule has 2 unspecified atom stereocenters. The van der Waals surface area contributed by atoms with Crippen molar-refractivity contribution in [2.45, 2.75) is 24.5 Å². The molecular weight excluding hydrogens is 268 g/mol. The zero-order chi connectivity index (χ0) is 15.3. The summed E-state index contributed by atoms with van der Waals surface area (Å²) in [5.74, 6) is -0.409. The molecule has 2 rings (SSSR count). The normalized spacial score (nSPS) is 22.5. The van der Waals surface area contributed by atoms with E-state index in [0.29, 0.717) is 6.54 Å². The van der Waals surface area contributed by atoms with Gasteiger partial charge in [-0.15, -0.1) is 0 Å². The summed E-state index contributed by atoms with van der Waals surface area (Å²) >= 11 is 0. The van der Waals surface area contributed by atoms with E-state index < -0.39 is 11.5 Å². The molecule has 1 fully saturated rings. The number of hydrogen-bond acceptors (Lipinski definition) is 5. The third-order valence-electron chi connectivity index (χ3n) is 4.11. The summed E-state index contributed by atoms with van der Waals surface area (Å²) in [6.45, 7) is 2.14. The van der Waals surface area contributed by atoms with Crippen molar-refractivity contribution in [1.29, 1.82) is 0 Å². The molecule has 21 heavy (non-hydrogen) atoms. The maximum atomic E-state index is 12.3. The van der Waals surface area contributed by atoms with E-state index in [1.807, 2.05) is 30.3 Å². The van der Waals surface area contributed by atoms with Gasteiger partial charge in [0.15, 0.2) is 5.54 Å². The zero-order valence-electron chi connectivity index (χ0n) is 12.7. The number of carbonyl (C=O) groups is 1. The summed E-state index contributed by atoms with van der Waals surface area (Å²) < 4.78 is 10.4. The van der Waals surface area contributed by atoms with Gasteiger partial charge in [-0.1, -0.05) is 30.3 Å². The van der Waals surface area contributed by atoms with Crippen LogP contribution in [-0.4, -0.2) is 50.8 Å². The van der Waals surface area contributed by atoms with Crippen LogP contribution < -0.4 is 5.73 Å². The van der Waals surface area contributed by atoms with Crippen LogP contribution in [0.2, 0.25) is 0 Å². The van der Waals surface area contributed by atoms with Crippen LogP contribution in [0.3, 0.4) is 0 Å². The number of benzene rings is 1. The fraction of sp³-hybridized carbons (Fsp3) is 0.562. The smallest absolute Gasteiger partial charge is 0.331 e. The van der Waals surface area contributed by atoms with E-state index in [4.69, 9.17) is 15.2 Å². The number of nitrogens with zero attached hydrogens (tertiary/aromatic N) is 1. The van der Waals surface area contributed by atoms with Crippen LogP contribution in [0.5, 0.6) is 0 Å². The first-order chi connectivity index (χ1) is 10.1. The lowest BCUT2D eigenvalue weighted by Crippen LogP contribution is -2.56. The summed E-state index contributed by atoms with van der Waals surface area (Å²) in [4.78, 5) is 14.4. The number of carbonyl (C=O) groups excluding carboxylic acids is 1. The minimum absolute atomic E-state index is 0.205. The fourth-order valence-electron chi connectivity index (χ4n) is 2.89. The van der Waals surface area contributed by atoms with Gasteiger partial charge in [0.2, 0.25) is 0 Å². The number of rotatable bonds is 5. The Morgan fingerprint density at radius 2 is 2.10 bits per heavy atom. The SMILES string of the molecule is COC(=O)C(N)(CN1CCCC(OC)C1)c1ccccc1. The Bertz CT molecular complexity index is 466. The molecule has 0 amide bonds. The van der Waals surface area contributed by atoms with Crippen LogP contribution in [0, 0.1) is 0 Å². The highest BCUT2D eigenvalue weighted by Gasteiger charge is 2.39. The van der Waals surface area contributed by atoms with Crippen molar-refractivity contribution in [3.63, 3.8) is 0 Å². The molecule has 0 spiro atoms. The molecule has 0 aliphatic carbocycles. The van der Waals surface area contributed by atoms with Gasteiger partial charge < -0.3 is 15.2 Å². The molecule has 1 aliphatic heterocycles. The van der Waals surface area contributed by atoms with E-state index in [1.54, 1.807) is 7.11 Å². The Balaban J connectivity index is 2.19. The molecule has 0 radical (unpaired) electrons. The van der Waals surface area contributed by atoms with E-state index >= 15 is 0 Å². The lowest BCUT2D eigenvalue weighted by molar-refractivity contribution is -0.148. The van der Waals surface area contributed by atoms with Gasteiger partial charge in [0, 0.05) is 20.2 Å². The van der Waals surface area contributed by atoms with Crippen molar-refractivity contribution in [2.75, 3.05) is 33.9 Å². The van der Waals surface area contributed by atoms with Crippen molar-refractivity contribution < 1.29 is 14.3 Å². The van der Waals surface area contributed by atoms with Crippen LogP contribution in [0.1, 0.15) is 18.4 Å². The number of piperidine rings is 1. The van der Waals surface area contributed by atoms with Gasteiger partial charge in [0.05, 0.1) is 13.2 Å². The first kappa shape index (κ1) is 15.9. The Morgan fingerprint density at radius 1 is 1.38 bits per heavy atom. The van der Waals surface area contributed by atoms with E-state index in [-0.39, 0.29) is 6.10 Å². The van der Waals surface area contributed by atoms with Crippen molar-refractivity contribution in [3.05, 3.63) is 35.9 Å². The van der Waals surface area contributed by atoms with E-state index in [2.05, 4.69) is 4.90 Å². The average Bonchev–Trinajstić information content (AvgIpc) is 2.54. The Kier molecular flexibility index (Phi) is 5.33. The molecule has 5 heteroatoms. The van der Waals surface area contributed by atoms with Crippen LogP contribution in [0.25, 0.3) is 0 Å². The van der Waals surface area contributed by atoms with Crippen LogP contribution in [-0.2, 0) is 19.8 Å². The largest absolute Gasteiger partial charge is 0.467 e. The Morgan fingerprint density at radius 3 is 2.71 bits per heavy atom. The lowest BCUT2D eigenvalue weighted by atomic mass is 9.89. The molecule has 2 N–H and O–H groups in total. The molecule has 0 aromatic heterocycles. The third-order valence-corrected chi connectivity index (χ3v) is 4.11. The maximum absolute atomic E-state index is 12.3. The number of methoxy groups -OCH3 is 2. The number of hydrogen-bond donors (Lipinski definition) is 1. The van der Waals surface area contributed by atoms with Crippen LogP contribution in [0.4, 0.5) is 0 Å². The standard InChI is InChI=1S/C16H24N2O3/c1-20-14-9-6-10-18(11-14)12-16(17,15(19)21-2)13-7-4-3-5-8-13/h3-5,7-8,14H,6,9-12,17H2,1-2H3. The van der Waals surface area contributed by atoms with Crippen molar-refractivity contribution in [3.8, 4) is 0 Å². The van der Waals surface area contributed by atoms with E-state index in [1.165, 1.54) is 7.11 Å². The van der Waals surface area contributed by atoms with Crippen LogP contribution >= 0.6 is 0 Å². The molecule has 1 aromatic carbocycles. The third kappa shape index (κ3) is 3.61. The minimum atomic E-state index is -1.15. The van der Waals surface area contributed by atoms with Gasteiger partial charge in [-0.2, -0.15) is 0 Å². The number of likely N-dealkylation sites (tertiary alicyclic amines) is 1. The first-order valence-corrected chi connectivity index (χ1v) is 7.28. The van der Waals surface area contributed by atoms with Gasteiger partial charge in [-0.05, 0) is 24.9 Å². The summed E-state index contributed by atoms with van der Waals surface area (Å²) in [6.07, 6.45) is 2.30. The van der Waals surface area contributed by atoms with E-state index in [0.717, 1.165) is 31.5 Å². The number of ether oxygens (including phenoxy) is 2. The lowest BCUT2D eigenvalue weighted by Gasteiger charge is -2.37. The second-order valence-electron chi connectivity index (χ2n) is 5.56. The molecule has 1 heterocycles. The average molecular weight is 292 g/mol. The minimum Gasteiger partial charge on any atom is -0.467 e. The molecular formula is C16H24N2O3. The first-order valence-electron chi connectivity index (χ1n) is 7.28. The second-order valence-corrected chi connectivity index (χ2v) is 5.56. The van der Waals surface area contributed by atoms with Gasteiger partial charge in [-0.3, -0.25) is 4.90 Å². The molecule has 5 nitrogen and oxygen atoms in total. The second kappa shape index (κ2) is 7.02. The zero-order valence-corrected chi connectivity index (χ0v) is 12.7. The molecule has 1 aliphatic rings. The predicted molar refractivity (Wildman–Crippen MR) is 80.8 cm³/mol.